The van der Waals surface area contributed by atoms with Crippen molar-refractivity contribution in [3.05, 3.63) is 9.47 Å². The second-order valence-corrected chi connectivity index (χ2v) is 7.71. The van der Waals surface area contributed by atoms with E-state index in [0.29, 0.717) is 5.41 Å². The Labute approximate surface area is 99.4 Å². The van der Waals surface area contributed by atoms with Gasteiger partial charge in [0, 0.05) is 0 Å². The largest absolute Gasteiger partial charge is 0.0632 e. The smallest absolute Gasteiger partial charge is 0.0564 e. The SMILES string of the molecule is CC(CCC=C(Br)Br)CC(C)(C)C. The van der Waals surface area contributed by atoms with Crippen molar-refractivity contribution in [1.29, 1.82) is 0 Å². The Bertz CT molecular complexity index is 161. The van der Waals surface area contributed by atoms with Crippen LogP contribution in [0.4, 0.5) is 0 Å². The first-order valence-electron chi connectivity index (χ1n) is 4.82. The summed E-state index contributed by atoms with van der Waals surface area (Å²) in [5.74, 6) is 0.815. The highest BCUT2D eigenvalue weighted by Crippen LogP contribution is 2.27. The van der Waals surface area contributed by atoms with Gasteiger partial charge in [-0.1, -0.05) is 33.8 Å². The van der Waals surface area contributed by atoms with Crippen LogP contribution in [-0.2, 0) is 0 Å². The summed E-state index contributed by atoms with van der Waals surface area (Å²) in [7, 11) is 0. The van der Waals surface area contributed by atoms with Crippen LogP contribution >= 0.6 is 31.9 Å². The highest BCUT2D eigenvalue weighted by Gasteiger charge is 2.14. The van der Waals surface area contributed by atoms with Gasteiger partial charge in [0.05, 0.1) is 3.39 Å². The summed E-state index contributed by atoms with van der Waals surface area (Å²) in [5.41, 5.74) is 0.467. The summed E-state index contributed by atoms with van der Waals surface area (Å²) in [6, 6.07) is 0. The van der Waals surface area contributed by atoms with E-state index in [0.717, 1.165) is 15.7 Å². The molecule has 0 nitrogen and oxygen atoms in total. The second-order valence-electron chi connectivity index (χ2n) is 4.94. The number of hydrogen-bond donors (Lipinski definition) is 0. The van der Waals surface area contributed by atoms with Crippen LogP contribution in [-0.4, -0.2) is 0 Å². The summed E-state index contributed by atoms with van der Waals surface area (Å²) in [5, 5.41) is 0. The average molecular weight is 312 g/mol. The fourth-order valence-corrected chi connectivity index (χ4v) is 2.08. The Hall–Kier alpha value is 0.700. The molecule has 0 saturated carbocycles. The third-order valence-electron chi connectivity index (χ3n) is 1.92. The number of allylic oxidation sites excluding steroid dienone is 1. The molecule has 0 aromatic heterocycles. The van der Waals surface area contributed by atoms with E-state index >= 15 is 0 Å². The van der Waals surface area contributed by atoms with Gasteiger partial charge in [0.15, 0.2) is 0 Å². The molecule has 0 aromatic carbocycles. The van der Waals surface area contributed by atoms with Gasteiger partial charge in [0.25, 0.3) is 0 Å². The number of rotatable bonds is 4. The molecule has 0 heterocycles. The maximum Gasteiger partial charge on any atom is 0.0564 e. The summed E-state index contributed by atoms with van der Waals surface area (Å²) < 4.78 is 1.07. The molecule has 0 saturated heterocycles. The Morgan fingerprint density at radius 2 is 1.85 bits per heavy atom. The summed E-state index contributed by atoms with van der Waals surface area (Å²) in [6.07, 6.45) is 5.92. The zero-order chi connectivity index (χ0) is 10.5. The fraction of sp³-hybridized carbons (Fsp3) is 0.818. The van der Waals surface area contributed by atoms with Gasteiger partial charge in [0.2, 0.25) is 0 Å². The maximum atomic E-state index is 3.36. The lowest BCUT2D eigenvalue weighted by atomic mass is 9.84. The van der Waals surface area contributed by atoms with E-state index < -0.39 is 0 Å². The highest BCUT2D eigenvalue weighted by molar-refractivity contribution is 9.28. The van der Waals surface area contributed by atoms with Crippen LogP contribution in [0.25, 0.3) is 0 Å². The Morgan fingerprint density at radius 1 is 1.31 bits per heavy atom. The zero-order valence-electron chi connectivity index (χ0n) is 9.03. The van der Waals surface area contributed by atoms with E-state index in [9.17, 15) is 0 Å². The van der Waals surface area contributed by atoms with E-state index in [-0.39, 0.29) is 0 Å². The molecule has 0 amide bonds. The predicted octanol–water partition coefficient (Wildman–Crippen LogP) is 5.47. The Kier molecular flexibility index (Phi) is 6.57. The predicted molar refractivity (Wildman–Crippen MR) is 68.4 cm³/mol. The maximum absolute atomic E-state index is 3.36. The summed E-state index contributed by atoms with van der Waals surface area (Å²) in [4.78, 5) is 0. The zero-order valence-corrected chi connectivity index (χ0v) is 12.2. The first-order valence-corrected chi connectivity index (χ1v) is 6.41. The molecule has 1 unspecified atom stereocenters. The summed E-state index contributed by atoms with van der Waals surface area (Å²) >= 11 is 6.73. The van der Waals surface area contributed by atoms with Crippen LogP contribution in [0.5, 0.6) is 0 Å². The minimum atomic E-state index is 0.467. The average Bonchev–Trinajstić information content (AvgIpc) is 1.81. The van der Waals surface area contributed by atoms with Gasteiger partial charge < -0.3 is 0 Å². The van der Waals surface area contributed by atoms with E-state index in [1.807, 2.05) is 0 Å². The van der Waals surface area contributed by atoms with E-state index in [1.165, 1.54) is 12.8 Å². The topological polar surface area (TPSA) is 0 Å². The molecule has 0 fully saturated rings. The van der Waals surface area contributed by atoms with Crippen LogP contribution < -0.4 is 0 Å². The lowest BCUT2D eigenvalue weighted by molar-refractivity contribution is 0.298. The minimum absolute atomic E-state index is 0.467. The minimum Gasteiger partial charge on any atom is -0.0632 e. The number of halogens is 2. The Morgan fingerprint density at radius 3 is 2.23 bits per heavy atom. The molecule has 0 aliphatic rings. The molecule has 0 aliphatic heterocycles. The van der Waals surface area contributed by atoms with Gasteiger partial charge in [-0.25, -0.2) is 0 Å². The normalized spacial score (nSPS) is 14.0. The van der Waals surface area contributed by atoms with Crippen LogP contribution in [0.1, 0.15) is 47.0 Å². The second kappa shape index (κ2) is 6.23. The van der Waals surface area contributed by atoms with Crippen LogP contribution in [0.2, 0.25) is 0 Å². The first-order chi connectivity index (χ1) is 5.81. The monoisotopic (exact) mass is 310 g/mol. The molecule has 0 rings (SSSR count). The van der Waals surface area contributed by atoms with Gasteiger partial charge in [-0.05, 0) is 62.5 Å². The molecule has 13 heavy (non-hydrogen) atoms. The van der Waals surface area contributed by atoms with E-state index in [1.54, 1.807) is 0 Å². The highest BCUT2D eigenvalue weighted by atomic mass is 79.9. The molecule has 0 radical (unpaired) electrons. The van der Waals surface area contributed by atoms with E-state index in [4.69, 9.17) is 0 Å². The summed E-state index contributed by atoms with van der Waals surface area (Å²) in [6.45, 7) is 9.25. The third-order valence-corrected chi connectivity index (χ3v) is 2.57. The standard InChI is InChI=1S/C11H20Br2/c1-9(8-11(2,3)4)6-5-7-10(12)13/h7,9H,5-6,8H2,1-4H3. The van der Waals surface area contributed by atoms with Gasteiger partial charge in [-0.3, -0.25) is 0 Å². The molecule has 1 atom stereocenters. The van der Waals surface area contributed by atoms with Crippen molar-refractivity contribution in [3.63, 3.8) is 0 Å². The molecule has 0 bridgehead atoms. The first kappa shape index (κ1) is 13.7. The molecule has 0 aliphatic carbocycles. The molecule has 2 heteroatoms. The van der Waals surface area contributed by atoms with Crippen molar-refractivity contribution in [2.24, 2.45) is 11.3 Å². The van der Waals surface area contributed by atoms with Gasteiger partial charge in [-0.15, -0.1) is 0 Å². The van der Waals surface area contributed by atoms with Crippen molar-refractivity contribution >= 4 is 31.9 Å². The van der Waals surface area contributed by atoms with Gasteiger partial charge in [-0.2, -0.15) is 0 Å². The van der Waals surface area contributed by atoms with Crippen LogP contribution in [0.15, 0.2) is 9.47 Å². The van der Waals surface area contributed by atoms with Crippen molar-refractivity contribution in [2.75, 3.05) is 0 Å². The van der Waals surface area contributed by atoms with Crippen molar-refractivity contribution in [2.45, 2.75) is 47.0 Å². The molecule has 0 aromatic rings. The molecular weight excluding hydrogens is 292 g/mol. The molecular formula is C11H20Br2. The van der Waals surface area contributed by atoms with Gasteiger partial charge >= 0.3 is 0 Å². The molecule has 0 spiro atoms. The van der Waals surface area contributed by atoms with E-state index in [2.05, 4.69) is 65.6 Å². The third kappa shape index (κ3) is 10.6. The van der Waals surface area contributed by atoms with Crippen molar-refractivity contribution in [3.8, 4) is 0 Å². The molecule has 78 valence electrons. The Balaban J connectivity index is 3.64. The van der Waals surface area contributed by atoms with Crippen LogP contribution in [0.3, 0.4) is 0 Å². The van der Waals surface area contributed by atoms with Crippen molar-refractivity contribution in [1.82, 2.24) is 0 Å². The van der Waals surface area contributed by atoms with Gasteiger partial charge in [0.1, 0.15) is 0 Å². The quantitative estimate of drug-likeness (QED) is 0.645. The number of hydrogen-bond acceptors (Lipinski definition) is 0. The van der Waals surface area contributed by atoms with Crippen LogP contribution in [0, 0.1) is 11.3 Å². The molecule has 0 N–H and O–H groups in total. The lowest BCUT2D eigenvalue weighted by Gasteiger charge is -2.22. The van der Waals surface area contributed by atoms with Crippen molar-refractivity contribution < 1.29 is 0 Å². The lowest BCUT2D eigenvalue weighted by Crippen LogP contribution is -2.10. The fourth-order valence-electron chi connectivity index (χ4n) is 1.62.